The molecule has 0 radical (unpaired) electrons. The van der Waals surface area contributed by atoms with E-state index >= 15 is 0 Å². The maximum Gasteiger partial charge on any atom is 0.122 e. The Labute approximate surface area is 125 Å². The van der Waals surface area contributed by atoms with E-state index in [-0.39, 0.29) is 5.41 Å². The highest BCUT2D eigenvalue weighted by Crippen LogP contribution is 2.30. The molecule has 0 saturated heterocycles. The first-order chi connectivity index (χ1) is 9.38. The lowest BCUT2D eigenvalue weighted by atomic mass is 9.85. The van der Waals surface area contributed by atoms with Gasteiger partial charge in [0.25, 0.3) is 0 Å². The van der Waals surface area contributed by atoms with Crippen LogP contribution >= 0.6 is 0 Å². The lowest BCUT2D eigenvalue weighted by Crippen LogP contribution is -2.12. The Morgan fingerprint density at radius 1 is 1.25 bits per heavy atom. The van der Waals surface area contributed by atoms with Gasteiger partial charge < -0.3 is 4.74 Å². The van der Waals surface area contributed by atoms with Crippen molar-refractivity contribution in [2.75, 3.05) is 6.61 Å². The summed E-state index contributed by atoms with van der Waals surface area (Å²) in [5.74, 6) is 1.59. The SMILES string of the molecule is C/C=C\C(C)Cc1cc(C(C)(C)C)ccc1OCCC. The molecule has 1 heteroatoms. The van der Waals surface area contributed by atoms with Crippen LogP contribution in [0.3, 0.4) is 0 Å². The largest absolute Gasteiger partial charge is 0.493 e. The standard InChI is InChI=1S/C19H30O/c1-7-9-15(3)13-16-14-17(19(4,5)6)10-11-18(16)20-12-8-2/h7,9-11,14-15H,8,12-13H2,1-6H3/b9-7-. The van der Waals surface area contributed by atoms with Gasteiger partial charge >= 0.3 is 0 Å². The number of ether oxygens (including phenoxy) is 1. The van der Waals surface area contributed by atoms with Gasteiger partial charge in [-0.2, -0.15) is 0 Å². The summed E-state index contributed by atoms with van der Waals surface area (Å²) < 4.78 is 5.91. The minimum atomic E-state index is 0.182. The summed E-state index contributed by atoms with van der Waals surface area (Å²) in [5.41, 5.74) is 2.89. The summed E-state index contributed by atoms with van der Waals surface area (Å²) in [6.07, 6.45) is 6.47. The Kier molecular flexibility index (Phi) is 6.32. The number of hydrogen-bond acceptors (Lipinski definition) is 1. The molecule has 112 valence electrons. The average molecular weight is 274 g/mol. The van der Waals surface area contributed by atoms with Gasteiger partial charge in [-0.05, 0) is 48.3 Å². The Morgan fingerprint density at radius 3 is 2.50 bits per heavy atom. The van der Waals surface area contributed by atoms with Crippen LogP contribution < -0.4 is 4.74 Å². The summed E-state index contributed by atoms with van der Waals surface area (Å²) in [6, 6.07) is 6.67. The third-order valence-electron chi connectivity index (χ3n) is 3.45. The molecule has 0 spiro atoms. The second-order valence-electron chi connectivity index (χ2n) is 6.63. The van der Waals surface area contributed by atoms with Crippen molar-refractivity contribution in [1.82, 2.24) is 0 Å². The predicted molar refractivity (Wildman–Crippen MR) is 88.6 cm³/mol. The molecule has 1 unspecified atom stereocenters. The second kappa shape index (κ2) is 7.52. The first-order valence-corrected chi connectivity index (χ1v) is 7.77. The maximum atomic E-state index is 5.91. The van der Waals surface area contributed by atoms with Crippen LogP contribution in [0, 0.1) is 5.92 Å². The highest BCUT2D eigenvalue weighted by atomic mass is 16.5. The topological polar surface area (TPSA) is 9.23 Å². The minimum absolute atomic E-state index is 0.182. The number of rotatable bonds is 6. The Balaban J connectivity index is 3.05. The van der Waals surface area contributed by atoms with Crippen LogP contribution in [0.25, 0.3) is 0 Å². The van der Waals surface area contributed by atoms with Gasteiger partial charge in [0.15, 0.2) is 0 Å². The molecule has 0 aliphatic rings. The molecule has 0 bridgehead atoms. The van der Waals surface area contributed by atoms with Gasteiger partial charge in [0.2, 0.25) is 0 Å². The quantitative estimate of drug-likeness (QED) is 0.620. The zero-order chi connectivity index (χ0) is 15.2. The van der Waals surface area contributed by atoms with Gasteiger partial charge in [-0.3, -0.25) is 0 Å². The van der Waals surface area contributed by atoms with E-state index < -0.39 is 0 Å². The molecule has 0 amide bonds. The molecule has 1 aromatic carbocycles. The Hall–Kier alpha value is -1.24. The van der Waals surface area contributed by atoms with E-state index in [2.05, 4.69) is 71.9 Å². The van der Waals surface area contributed by atoms with Crippen LogP contribution in [0.1, 0.15) is 59.1 Å². The van der Waals surface area contributed by atoms with E-state index in [1.54, 1.807) is 0 Å². The molecule has 0 saturated carbocycles. The fourth-order valence-electron chi connectivity index (χ4n) is 2.30. The van der Waals surface area contributed by atoms with Gasteiger partial charge in [-0.15, -0.1) is 0 Å². The third kappa shape index (κ3) is 5.03. The van der Waals surface area contributed by atoms with Crippen molar-refractivity contribution in [3.05, 3.63) is 41.5 Å². The highest BCUT2D eigenvalue weighted by Gasteiger charge is 2.16. The predicted octanol–water partition coefficient (Wildman–Crippen LogP) is 5.53. The monoisotopic (exact) mass is 274 g/mol. The molecule has 0 aliphatic heterocycles. The van der Waals surface area contributed by atoms with Crippen LogP contribution in [-0.2, 0) is 11.8 Å². The molecule has 20 heavy (non-hydrogen) atoms. The minimum Gasteiger partial charge on any atom is -0.493 e. The summed E-state index contributed by atoms with van der Waals surface area (Å²) in [6.45, 7) is 14.0. The molecule has 0 heterocycles. The highest BCUT2D eigenvalue weighted by molar-refractivity contribution is 5.40. The Morgan fingerprint density at radius 2 is 1.95 bits per heavy atom. The third-order valence-corrected chi connectivity index (χ3v) is 3.45. The van der Waals surface area contributed by atoms with Gasteiger partial charge in [-0.25, -0.2) is 0 Å². The average Bonchev–Trinajstić information content (AvgIpc) is 2.36. The van der Waals surface area contributed by atoms with Gasteiger partial charge in [0.05, 0.1) is 6.61 Å². The summed E-state index contributed by atoms with van der Waals surface area (Å²) >= 11 is 0. The van der Waals surface area contributed by atoms with Crippen LogP contribution in [0.5, 0.6) is 5.75 Å². The van der Waals surface area contributed by atoms with Crippen LogP contribution in [0.15, 0.2) is 30.4 Å². The van der Waals surface area contributed by atoms with E-state index in [0.717, 1.165) is 25.2 Å². The van der Waals surface area contributed by atoms with E-state index in [9.17, 15) is 0 Å². The van der Waals surface area contributed by atoms with Crippen LogP contribution in [0.2, 0.25) is 0 Å². The smallest absolute Gasteiger partial charge is 0.122 e. The zero-order valence-electron chi connectivity index (χ0n) is 14.0. The Bertz CT molecular complexity index is 438. The zero-order valence-corrected chi connectivity index (χ0v) is 14.0. The van der Waals surface area contributed by atoms with Crippen molar-refractivity contribution in [2.24, 2.45) is 5.92 Å². The number of allylic oxidation sites excluding steroid dienone is 2. The fraction of sp³-hybridized carbons (Fsp3) is 0.579. The van der Waals surface area contributed by atoms with Gasteiger partial charge in [0.1, 0.15) is 5.75 Å². The number of hydrogen-bond donors (Lipinski definition) is 0. The summed E-state index contributed by atoms with van der Waals surface area (Å²) in [7, 11) is 0. The van der Waals surface area contributed by atoms with Crippen molar-refractivity contribution < 1.29 is 4.74 Å². The molecule has 0 N–H and O–H groups in total. The van der Waals surface area contributed by atoms with Crippen molar-refractivity contribution in [2.45, 2.75) is 59.8 Å². The lowest BCUT2D eigenvalue weighted by molar-refractivity contribution is 0.313. The second-order valence-corrected chi connectivity index (χ2v) is 6.63. The normalized spacial score (nSPS) is 13.7. The maximum absolute atomic E-state index is 5.91. The van der Waals surface area contributed by atoms with Crippen LogP contribution in [0.4, 0.5) is 0 Å². The fourth-order valence-corrected chi connectivity index (χ4v) is 2.30. The molecule has 0 aliphatic carbocycles. The van der Waals surface area contributed by atoms with Crippen molar-refractivity contribution >= 4 is 0 Å². The molecule has 1 aromatic rings. The first kappa shape index (κ1) is 16.8. The van der Waals surface area contributed by atoms with Crippen molar-refractivity contribution in [1.29, 1.82) is 0 Å². The lowest BCUT2D eigenvalue weighted by Gasteiger charge is -2.22. The summed E-state index contributed by atoms with van der Waals surface area (Å²) in [4.78, 5) is 0. The molecule has 1 atom stereocenters. The van der Waals surface area contributed by atoms with E-state index in [1.807, 2.05) is 0 Å². The molecule has 0 aromatic heterocycles. The van der Waals surface area contributed by atoms with Gasteiger partial charge in [-0.1, -0.05) is 58.9 Å². The molecular weight excluding hydrogens is 244 g/mol. The first-order valence-electron chi connectivity index (χ1n) is 7.77. The molecular formula is C19H30O. The van der Waals surface area contributed by atoms with E-state index in [1.165, 1.54) is 11.1 Å². The molecule has 1 rings (SSSR count). The summed E-state index contributed by atoms with van der Waals surface area (Å²) in [5, 5.41) is 0. The number of benzene rings is 1. The van der Waals surface area contributed by atoms with E-state index in [4.69, 9.17) is 4.74 Å². The van der Waals surface area contributed by atoms with Crippen molar-refractivity contribution in [3.8, 4) is 5.75 Å². The molecule has 0 fully saturated rings. The van der Waals surface area contributed by atoms with Crippen molar-refractivity contribution in [3.63, 3.8) is 0 Å². The van der Waals surface area contributed by atoms with E-state index in [0.29, 0.717) is 5.92 Å². The molecule has 1 nitrogen and oxygen atoms in total. The van der Waals surface area contributed by atoms with Crippen LogP contribution in [-0.4, -0.2) is 6.61 Å². The van der Waals surface area contributed by atoms with Gasteiger partial charge in [0, 0.05) is 0 Å².